The summed E-state index contributed by atoms with van der Waals surface area (Å²) in [6.07, 6.45) is 2.46. The van der Waals surface area contributed by atoms with Gasteiger partial charge in [-0.2, -0.15) is 14.6 Å². The molecule has 5 heteroatoms. The number of aliphatic hydroxyl groups excluding tert-OH is 1. The number of aromatic nitrogens is 4. The van der Waals surface area contributed by atoms with Crippen LogP contribution in [0.5, 0.6) is 0 Å². The van der Waals surface area contributed by atoms with E-state index in [-0.39, 0.29) is 0 Å². The maximum absolute atomic E-state index is 9.32. The molecule has 5 nitrogen and oxygen atoms in total. The van der Waals surface area contributed by atoms with Crippen LogP contribution < -0.4 is 0 Å². The summed E-state index contributed by atoms with van der Waals surface area (Å²) in [5.74, 6) is 0.508. The van der Waals surface area contributed by atoms with E-state index in [0.29, 0.717) is 11.5 Å². The van der Waals surface area contributed by atoms with E-state index in [1.165, 1.54) is 10.8 Å². The van der Waals surface area contributed by atoms with E-state index >= 15 is 0 Å². The van der Waals surface area contributed by atoms with Crippen molar-refractivity contribution in [2.45, 2.75) is 13.0 Å². The van der Waals surface area contributed by atoms with Crippen molar-refractivity contribution in [3.05, 3.63) is 24.3 Å². The number of nitrogens with zero attached hydrogens (tertiary/aromatic N) is 4. The van der Waals surface area contributed by atoms with E-state index in [1.54, 1.807) is 19.2 Å². The van der Waals surface area contributed by atoms with E-state index < -0.39 is 6.10 Å². The maximum atomic E-state index is 9.32. The fourth-order valence-electron chi connectivity index (χ4n) is 1.07. The monoisotopic (exact) mass is 164 g/mol. The minimum Gasteiger partial charge on any atom is -0.387 e. The van der Waals surface area contributed by atoms with Crippen molar-refractivity contribution in [1.82, 2.24) is 19.6 Å². The van der Waals surface area contributed by atoms with Gasteiger partial charge in [0.15, 0.2) is 0 Å². The van der Waals surface area contributed by atoms with Gasteiger partial charge in [0.2, 0.25) is 0 Å². The third kappa shape index (κ3) is 0.947. The van der Waals surface area contributed by atoms with Gasteiger partial charge in [-0.3, -0.25) is 0 Å². The van der Waals surface area contributed by atoms with E-state index in [2.05, 4.69) is 15.1 Å². The molecular formula is C7H8N4O. The molecule has 1 N–H and O–H groups in total. The Hall–Kier alpha value is -1.49. The van der Waals surface area contributed by atoms with Crippen LogP contribution in [0.1, 0.15) is 18.7 Å². The highest BCUT2D eigenvalue weighted by Crippen LogP contribution is 2.09. The van der Waals surface area contributed by atoms with Crippen LogP contribution in [0.25, 0.3) is 5.78 Å². The quantitative estimate of drug-likeness (QED) is 0.653. The topological polar surface area (TPSA) is 63.3 Å². The van der Waals surface area contributed by atoms with Crippen LogP contribution in [-0.4, -0.2) is 24.7 Å². The largest absolute Gasteiger partial charge is 0.387 e. The minimum atomic E-state index is -0.558. The van der Waals surface area contributed by atoms with Gasteiger partial charge in [-0.15, -0.1) is 0 Å². The molecule has 0 saturated carbocycles. The summed E-state index contributed by atoms with van der Waals surface area (Å²) >= 11 is 0. The first-order valence-corrected chi connectivity index (χ1v) is 3.62. The molecule has 2 heterocycles. The van der Waals surface area contributed by atoms with Gasteiger partial charge < -0.3 is 5.11 Å². The van der Waals surface area contributed by atoms with Crippen LogP contribution in [-0.2, 0) is 0 Å². The highest BCUT2D eigenvalue weighted by molar-refractivity contribution is 5.27. The van der Waals surface area contributed by atoms with E-state index in [1.807, 2.05) is 0 Å². The van der Waals surface area contributed by atoms with Crippen molar-refractivity contribution < 1.29 is 5.11 Å². The first-order chi connectivity index (χ1) is 5.79. The van der Waals surface area contributed by atoms with E-state index in [9.17, 15) is 5.11 Å². The molecule has 62 valence electrons. The average Bonchev–Trinajstić information content (AvgIpc) is 2.49. The lowest BCUT2D eigenvalue weighted by atomic mass is 10.3. The molecule has 0 aliphatic heterocycles. The predicted molar refractivity (Wildman–Crippen MR) is 41.4 cm³/mol. The van der Waals surface area contributed by atoms with Crippen molar-refractivity contribution >= 4 is 5.78 Å². The van der Waals surface area contributed by atoms with Gasteiger partial charge in [0, 0.05) is 6.20 Å². The summed E-state index contributed by atoms with van der Waals surface area (Å²) in [6.45, 7) is 1.68. The molecule has 0 amide bonds. The smallest absolute Gasteiger partial charge is 0.252 e. The maximum Gasteiger partial charge on any atom is 0.252 e. The standard InChI is InChI=1S/C7H8N4O/c1-5(12)6-2-3-8-7-9-4-10-11(6)7/h2-5,12H,1H3/t5-/m0/s1. The summed E-state index contributed by atoms with van der Waals surface area (Å²) in [5, 5.41) is 13.2. The molecule has 0 aliphatic rings. The minimum absolute atomic E-state index is 0.508. The molecular weight excluding hydrogens is 156 g/mol. The molecule has 0 fully saturated rings. The molecule has 0 aromatic carbocycles. The lowest BCUT2D eigenvalue weighted by molar-refractivity contribution is 0.191. The summed E-state index contributed by atoms with van der Waals surface area (Å²) in [6, 6.07) is 1.71. The summed E-state index contributed by atoms with van der Waals surface area (Å²) in [5.41, 5.74) is 0.692. The van der Waals surface area contributed by atoms with Gasteiger partial charge in [-0.25, -0.2) is 4.98 Å². The Balaban J connectivity index is 2.73. The van der Waals surface area contributed by atoms with Crippen molar-refractivity contribution in [2.75, 3.05) is 0 Å². The first-order valence-electron chi connectivity index (χ1n) is 3.62. The average molecular weight is 164 g/mol. The van der Waals surface area contributed by atoms with Crippen molar-refractivity contribution in [1.29, 1.82) is 0 Å². The van der Waals surface area contributed by atoms with Gasteiger partial charge >= 0.3 is 0 Å². The van der Waals surface area contributed by atoms with Crippen LogP contribution in [0, 0.1) is 0 Å². The normalized spacial score (nSPS) is 13.5. The van der Waals surface area contributed by atoms with Gasteiger partial charge in [-0.1, -0.05) is 0 Å². The zero-order chi connectivity index (χ0) is 8.55. The number of rotatable bonds is 1. The molecule has 2 aromatic heterocycles. The molecule has 0 saturated heterocycles. The highest BCUT2D eigenvalue weighted by Gasteiger charge is 2.06. The van der Waals surface area contributed by atoms with Crippen LogP contribution in [0.4, 0.5) is 0 Å². The number of fused-ring (bicyclic) bond motifs is 1. The third-order valence-electron chi connectivity index (χ3n) is 1.64. The van der Waals surface area contributed by atoms with Gasteiger partial charge in [0.05, 0.1) is 11.8 Å². The first kappa shape index (κ1) is 7.17. The second kappa shape index (κ2) is 2.53. The summed E-state index contributed by atoms with van der Waals surface area (Å²) in [7, 11) is 0. The van der Waals surface area contributed by atoms with Gasteiger partial charge in [0.1, 0.15) is 6.33 Å². The second-order valence-electron chi connectivity index (χ2n) is 2.52. The Morgan fingerprint density at radius 3 is 3.08 bits per heavy atom. The lowest BCUT2D eigenvalue weighted by Crippen LogP contribution is -2.03. The zero-order valence-corrected chi connectivity index (χ0v) is 6.55. The zero-order valence-electron chi connectivity index (χ0n) is 6.55. The van der Waals surface area contributed by atoms with Crippen LogP contribution in [0.2, 0.25) is 0 Å². The number of hydrogen-bond acceptors (Lipinski definition) is 4. The van der Waals surface area contributed by atoms with E-state index in [0.717, 1.165) is 0 Å². The molecule has 2 aromatic rings. The predicted octanol–water partition coefficient (Wildman–Crippen LogP) is 0.178. The van der Waals surface area contributed by atoms with Crippen LogP contribution in [0.15, 0.2) is 18.6 Å². The molecule has 12 heavy (non-hydrogen) atoms. The van der Waals surface area contributed by atoms with Crippen LogP contribution in [0.3, 0.4) is 0 Å². The molecule has 0 unspecified atom stereocenters. The van der Waals surface area contributed by atoms with Crippen molar-refractivity contribution in [3.63, 3.8) is 0 Å². The Morgan fingerprint density at radius 1 is 1.50 bits per heavy atom. The van der Waals surface area contributed by atoms with Crippen molar-refractivity contribution in [2.24, 2.45) is 0 Å². The molecule has 0 aliphatic carbocycles. The Morgan fingerprint density at radius 2 is 2.33 bits per heavy atom. The van der Waals surface area contributed by atoms with Gasteiger partial charge in [-0.05, 0) is 13.0 Å². The lowest BCUT2D eigenvalue weighted by Gasteiger charge is -2.04. The van der Waals surface area contributed by atoms with Crippen LogP contribution >= 0.6 is 0 Å². The third-order valence-corrected chi connectivity index (χ3v) is 1.64. The molecule has 0 bridgehead atoms. The molecule has 1 atom stereocenters. The highest BCUT2D eigenvalue weighted by atomic mass is 16.3. The fourth-order valence-corrected chi connectivity index (χ4v) is 1.07. The SMILES string of the molecule is C[C@H](O)c1ccnc2ncnn12. The van der Waals surface area contributed by atoms with Gasteiger partial charge in [0.25, 0.3) is 5.78 Å². The molecule has 0 radical (unpaired) electrons. The van der Waals surface area contributed by atoms with E-state index in [4.69, 9.17) is 0 Å². The number of aliphatic hydroxyl groups is 1. The molecule has 2 rings (SSSR count). The fraction of sp³-hybridized carbons (Fsp3) is 0.286. The Kier molecular flexibility index (Phi) is 1.51. The molecule has 0 spiro atoms. The van der Waals surface area contributed by atoms with Crippen molar-refractivity contribution in [3.8, 4) is 0 Å². The summed E-state index contributed by atoms with van der Waals surface area (Å²) < 4.78 is 1.52. The Labute approximate surface area is 68.7 Å². The second-order valence-corrected chi connectivity index (χ2v) is 2.52. The summed E-state index contributed by atoms with van der Waals surface area (Å²) in [4.78, 5) is 7.85. The number of hydrogen-bond donors (Lipinski definition) is 1. The Bertz CT molecular complexity index is 395.